The monoisotopic (exact) mass is 540 g/mol. The van der Waals surface area contributed by atoms with E-state index in [4.69, 9.17) is 0 Å². The molecule has 0 spiro atoms. The van der Waals surface area contributed by atoms with Gasteiger partial charge in [0.15, 0.2) is 0 Å². The van der Waals surface area contributed by atoms with E-state index in [2.05, 4.69) is 30.2 Å². The van der Waals surface area contributed by atoms with Gasteiger partial charge in [0, 0.05) is 5.92 Å². The first-order valence-corrected chi connectivity index (χ1v) is 16.1. The van der Waals surface area contributed by atoms with Gasteiger partial charge in [-0.25, -0.2) is 8.42 Å². The topological polar surface area (TPSA) is 66.4 Å². The number of allylic oxidation sites excluding steroid dienone is 1. The predicted octanol–water partition coefficient (Wildman–Crippen LogP) is 6.65. The zero-order valence-electron chi connectivity index (χ0n) is 23.7. The normalized spacial score (nSPS) is 12.8. The van der Waals surface area contributed by atoms with Crippen molar-refractivity contribution in [2.45, 2.75) is 162 Å². The van der Waals surface area contributed by atoms with Crippen molar-refractivity contribution in [2.24, 2.45) is 5.92 Å². The van der Waals surface area contributed by atoms with Gasteiger partial charge in [-0.2, -0.15) is 0 Å². The molecule has 0 saturated carbocycles. The zero-order valence-corrected chi connectivity index (χ0v) is 27.7. The Hall–Kier alpha value is 1.25. The van der Waals surface area contributed by atoms with E-state index in [0.29, 0.717) is 0 Å². The predicted molar refractivity (Wildman–Crippen MR) is 146 cm³/mol. The molecule has 0 aromatic heterocycles. The summed E-state index contributed by atoms with van der Waals surface area (Å²) in [4.78, 5) is 0. The van der Waals surface area contributed by atoms with Crippen molar-refractivity contribution in [1.82, 2.24) is 0 Å². The third-order valence-corrected chi connectivity index (χ3v) is 7.16. The van der Waals surface area contributed by atoms with Gasteiger partial charge < -0.3 is 4.55 Å². The SMILES string of the molecule is CCCCCCCCCCCCCCCCCC/C=C/C(CCCCCCC)COS(=O)(=O)[O-].[K+]. The standard InChI is InChI=1S/C29H58O4S.K/c1-3-5-7-9-10-11-12-13-14-15-16-17-18-19-20-21-23-25-27-29(28-33-34(30,31)32)26-24-22-8-6-4-2;/h25,27,29H,3-24,26,28H2,1-2H3,(H,30,31,32);/q;+1/p-1/b27-25+;. The summed E-state index contributed by atoms with van der Waals surface area (Å²) in [6, 6.07) is 0. The Morgan fingerprint density at radius 1 is 0.629 bits per heavy atom. The number of rotatable bonds is 27. The first-order valence-electron chi connectivity index (χ1n) is 14.8. The maximum absolute atomic E-state index is 10.8. The smallest absolute Gasteiger partial charge is 0.726 e. The fraction of sp³-hybridized carbons (Fsp3) is 0.931. The summed E-state index contributed by atoms with van der Waals surface area (Å²) >= 11 is 0. The molecule has 204 valence electrons. The molecule has 0 bridgehead atoms. The van der Waals surface area contributed by atoms with Gasteiger partial charge >= 0.3 is 51.4 Å². The van der Waals surface area contributed by atoms with Crippen molar-refractivity contribution in [3.63, 3.8) is 0 Å². The van der Waals surface area contributed by atoms with Crippen LogP contribution in [0.25, 0.3) is 0 Å². The van der Waals surface area contributed by atoms with Crippen molar-refractivity contribution >= 4 is 10.4 Å². The van der Waals surface area contributed by atoms with E-state index < -0.39 is 10.4 Å². The van der Waals surface area contributed by atoms with Crippen LogP contribution in [0.1, 0.15) is 162 Å². The molecule has 0 radical (unpaired) electrons. The summed E-state index contributed by atoms with van der Waals surface area (Å²) in [6.07, 6.45) is 34.0. The summed E-state index contributed by atoms with van der Waals surface area (Å²) < 4.78 is 36.9. The molecule has 0 aromatic carbocycles. The average Bonchev–Trinajstić information content (AvgIpc) is 2.80. The quantitative estimate of drug-likeness (QED) is 0.0384. The molecule has 0 aliphatic carbocycles. The molecule has 1 unspecified atom stereocenters. The number of hydrogen-bond acceptors (Lipinski definition) is 4. The van der Waals surface area contributed by atoms with E-state index in [9.17, 15) is 13.0 Å². The molecule has 0 rings (SSSR count). The molecule has 0 aliphatic rings. The molecule has 0 aromatic rings. The first-order chi connectivity index (χ1) is 16.5. The first kappa shape index (κ1) is 38.4. The molecule has 0 amide bonds. The Morgan fingerprint density at radius 2 is 1.00 bits per heavy atom. The van der Waals surface area contributed by atoms with Crippen LogP contribution in [0, 0.1) is 5.92 Å². The molecule has 1 atom stereocenters. The van der Waals surface area contributed by atoms with Crippen LogP contribution in [0.3, 0.4) is 0 Å². The minimum absolute atomic E-state index is 0. The van der Waals surface area contributed by atoms with E-state index in [1.807, 2.05) is 0 Å². The van der Waals surface area contributed by atoms with E-state index in [1.165, 1.54) is 122 Å². The van der Waals surface area contributed by atoms with Gasteiger partial charge in [-0.3, -0.25) is 4.18 Å². The molecule has 0 heterocycles. The third kappa shape index (κ3) is 33.2. The van der Waals surface area contributed by atoms with Crippen LogP contribution in [0.2, 0.25) is 0 Å². The van der Waals surface area contributed by atoms with E-state index in [0.717, 1.165) is 25.7 Å². The second-order valence-electron chi connectivity index (χ2n) is 10.2. The Balaban J connectivity index is 0. The van der Waals surface area contributed by atoms with Gasteiger partial charge in [0.2, 0.25) is 10.4 Å². The van der Waals surface area contributed by atoms with Crippen molar-refractivity contribution in [3.8, 4) is 0 Å². The molecule has 0 N–H and O–H groups in total. The second kappa shape index (κ2) is 29.8. The summed E-state index contributed by atoms with van der Waals surface area (Å²) in [7, 11) is -4.61. The summed E-state index contributed by atoms with van der Waals surface area (Å²) in [5.41, 5.74) is 0. The zero-order chi connectivity index (χ0) is 25.2. The molecule has 6 heteroatoms. The Kier molecular flexibility index (Phi) is 32.7. The Bertz CT molecular complexity index is 537. The van der Waals surface area contributed by atoms with Crippen LogP contribution in [-0.4, -0.2) is 19.6 Å². The minimum atomic E-state index is -4.61. The fourth-order valence-corrected chi connectivity index (χ4v) is 4.86. The third-order valence-electron chi connectivity index (χ3n) is 6.74. The minimum Gasteiger partial charge on any atom is -0.726 e. The van der Waals surface area contributed by atoms with Crippen LogP contribution in [0.5, 0.6) is 0 Å². The molecule has 0 saturated heterocycles. The van der Waals surface area contributed by atoms with Gasteiger partial charge in [0.05, 0.1) is 6.61 Å². The molecular weight excluding hydrogens is 483 g/mol. The van der Waals surface area contributed by atoms with Crippen molar-refractivity contribution in [3.05, 3.63) is 12.2 Å². The van der Waals surface area contributed by atoms with Crippen LogP contribution in [-0.2, 0) is 14.6 Å². The average molecular weight is 541 g/mol. The van der Waals surface area contributed by atoms with Crippen LogP contribution < -0.4 is 51.4 Å². The second-order valence-corrected chi connectivity index (χ2v) is 11.2. The number of hydrogen-bond donors (Lipinski definition) is 0. The van der Waals surface area contributed by atoms with Crippen molar-refractivity contribution in [1.29, 1.82) is 0 Å². The molecule has 35 heavy (non-hydrogen) atoms. The van der Waals surface area contributed by atoms with Crippen molar-refractivity contribution in [2.75, 3.05) is 6.61 Å². The Labute approximate surface area is 262 Å². The van der Waals surface area contributed by atoms with Gasteiger partial charge in [0.25, 0.3) is 0 Å². The van der Waals surface area contributed by atoms with Crippen LogP contribution >= 0.6 is 0 Å². The Morgan fingerprint density at radius 3 is 1.40 bits per heavy atom. The van der Waals surface area contributed by atoms with Crippen LogP contribution in [0.4, 0.5) is 0 Å². The maximum atomic E-state index is 10.8. The van der Waals surface area contributed by atoms with E-state index >= 15 is 0 Å². The van der Waals surface area contributed by atoms with E-state index in [1.54, 1.807) is 0 Å². The fourth-order valence-electron chi connectivity index (χ4n) is 4.51. The van der Waals surface area contributed by atoms with E-state index in [-0.39, 0.29) is 63.9 Å². The molecule has 0 aliphatic heterocycles. The maximum Gasteiger partial charge on any atom is 1.00 e. The van der Waals surface area contributed by atoms with Gasteiger partial charge in [-0.05, 0) is 19.3 Å². The largest absolute Gasteiger partial charge is 1.00 e. The summed E-state index contributed by atoms with van der Waals surface area (Å²) in [5, 5.41) is 0. The summed E-state index contributed by atoms with van der Waals surface area (Å²) in [6.45, 7) is 4.45. The van der Waals surface area contributed by atoms with Gasteiger partial charge in [-0.15, -0.1) is 0 Å². The molecular formula is C29H57KO4S. The molecule has 0 fully saturated rings. The summed E-state index contributed by atoms with van der Waals surface area (Å²) in [5.74, 6) is 0.0198. The van der Waals surface area contributed by atoms with Crippen molar-refractivity contribution < 1.29 is 68.5 Å². The molecule has 4 nitrogen and oxygen atoms in total. The van der Waals surface area contributed by atoms with Crippen LogP contribution in [0.15, 0.2) is 12.2 Å². The number of unbranched alkanes of at least 4 members (excludes halogenated alkanes) is 20. The van der Waals surface area contributed by atoms with Gasteiger partial charge in [-0.1, -0.05) is 154 Å². The van der Waals surface area contributed by atoms with Gasteiger partial charge in [0.1, 0.15) is 0 Å².